The number of nitrogens with one attached hydrogen (secondary N) is 1. The average Bonchev–Trinajstić information content (AvgIpc) is 2.47. The second kappa shape index (κ2) is 7.36. The Balaban J connectivity index is 1.82. The number of thioether (sulfide) groups is 1. The van der Waals surface area contributed by atoms with Gasteiger partial charge >= 0.3 is 0 Å². The third-order valence-corrected chi connectivity index (χ3v) is 4.12. The van der Waals surface area contributed by atoms with Crippen LogP contribution in [-0.4, -0.2) is 11.7 Å². The van der Waals surface area contributed by atoms with Gasteiger partial charge in [-0.15, -0.1) is 11.8 Å². The van der Waals surface area contributed by atoms with Crippen molar-refractivity contribution in [2.24, 2.45) is 0 Å². The van der Waals surface area contributed by atoms with Crippen LogP contribution in [0, 0.1) is 0 Å². The number of rotatable bonds is 5. The molecule has 1 N–H and O–H groups in total. The number of hydrogen-bond donors (Lipinski definition) is 1. The summed E-state index contributed by atoms with van der Waals surface area (Å²) in [4.78, 5) is 12.9. The van der Waals surface area contributed by atoms with Crippen LogP contribution in [0.15, 0.2) is 59.5 Å². The molecule has 0 heterocycles. The number of amides is 1. The summed E-state index contributed by atoms with van der Waals surface area (Å²) in [6, 6.07) is 17.4. The average molecular weight is 306 g/mol. The fourth-order valence-corrected chi connectivity index (χ4v) is 2.62. The Hall–Kier alpha value is -1.45. The minimum absolute atomic E-state index is 0.0227. The maximum Gasteiger partial charge on any atom is 0.230 e. The molecule has 0 spiro atoms. The molecule has 0 aliphatic rings. The van der Waals surface area contributed by atoms with E-state index in [0.29, 0.717) is 10.8 Å². The van der Waals surface area contributed by atoms with Crippen LogP contribution in [0.4, 0.5) is 0 Å². The zero-order chi connectivity index (χ0) is 14.4. The molecule has 20 heavy (non-hydrogen) atoms. The Bertz CT molecular complexity index is 556. The highest BCUT2D eigenvalue weighted by atomic mass is 35.5. The molecule has 104 valence electrons. The van der Waals surface area contributed by atoms with Crippen molar-refractivity contribution in [1.82, 2.24) is 5.32 Å². The van der Waals surface area contributed by atoms with Crippen LogP contribution < -0.4 is 5.32 Å². The zero-order valence-electron chi connectivity index (χ0n) is 11.2. The zero-order valence-corrected chi connectivity index (χ0v) is 12.7. The highest BCUT2D eigenvalue weighted by Crippen LogP contribution is 2.20. The molecule has 0 unspecified atom stereocenters. The first-order valence-electron chi connectivity index (χ1n) is 6.38. The van der Waals surface area contributed by atoms with E-state index in [1.807, 2.05) is 61.5 Å². The number of carbonyl (C=O) groups excluding carboxylic acids is 1. The van der Waals surface area contributed by atoms with Gasteiger partial charge in [0.1, 0.15) is 0 Å². The summed E-state index contributed by atoms with van der Waals surface area (Å²) < 4.78 is 0. The first kappa shape index (κ1) is 14.9. The van der Waals surface area contributed by atoms with E-state index in [2.05, 4.69) is 5.32 Å². The van der Waals surface area contributed by atoms with Crippen molar-refractivity contribution in [3.63, 3.8) is 0 Å². The second-order valence-corrected chi connectivity index (χ2v) is 5.93. The van der Waals surface area contributed by atoms with Crippen molar-refractivity contribution in [2.75, 3.05) is 5.75 Å². The van der Waals surface area contributed by atoms with Gasteiger partial charge in [-0.3, -0.25) is 4.79 Å². The van der Waals surface area contributed by atoms with Crippen molar-refractivity contribution in [3.05, 3.63) is 65.2 Å². The molecule has 0 radical (unpaired) electrons. The maximum absolute atomic E-state index is 11.9. The van der Waals surface area contributed by atoms with Gasteiger partial charge in [-0.25, -0.2) is 0 Å². The van der Waals surface area contributed by atoms with Crippen molar-refractivity contribution in [3.8, 4) is 0 Å². The number of carbonyl (C=O) groups is 1. The Morgan fingerprint density at radius 3 is 2.45 bits per heavy atom. The van der Waals surface area contributed by atoms with Crippen molar-refractivity contribution >= 4 is 29.3 Å². The van der Waals surface area contributed by atoms with Gasteiger partial charge in [0.15, 0.2) is 0 Å². The Morgan fingerprint density at radius 2 is 1.80 bits per heavy atom. The number of benzene rings is 2. The maximum atomic E-state index is 11.9. The molecule has 4 heteroatoms. The molecule has 0 bridgehead atoms. The second-order valence-electron chi connectivity index (χ2n) is 4.44. The third-order valence-electron chi connectivity index (χ3n) is 2.86. The number of halogens is 1. The van der Waals surface area contributed by atoms with Gasteiger partial charge < -0.3 is 5.32 Å². The molecule has 0 aromatic heterocycles. The standard InChI is InChI=1S/C16H16ClNOS/c1-12(13-5-3-2-4-6-13)18-16(19)11-20-15-9-7-14(17)8-10-15/h2-10,12H,11H2,1H3,(H,18,19)/t12-/m1/s1. The van der Waals surface area contributed by atoms with Crippen LogP contribution in [0.25, 0.3) is 0 Å². The first-order valence-corrected chi connectivity index (χ1v) is 7.74. The highest BCUT2D eigenvalue weighted by Gasteiger charge is 2.09. The quantitative estimate of drug-likeness (QED) is 0.834. The molecule has 1 amide bonds. The first-order chi connectivity index (χ1) is 9.65. The Morgan fingerprint density at radius 1 is 1.15 bits per heavy atom. The lowest BCUT2D eigenvalue weighted by atomic mass is 10.1. The monoisotopic (exact) mass is 305 g/mol. The Labute approximate surface area is 128 Å². The van der Waals surface area contributed by atoms with E-state index >= 15 is 0 Å². The minimum Gasteiger partial charge on any atom is -0.349 e. The topological polar surface area (TPSA) is 29.1 Å². The highest BCUT2D eigenvalue weighted by molar-refractivity contribution is 8.00. The molecule has 2 aromatic carbocycles. The van der Waals surface area contributed by atoms with Gasteiger partial charge in [0.25, 0.3) is 0 Å². The van der Waals surface area contributed by atoms with Crippen molar-refractivity contribution in [2.45, 2.75) is 17.9 Å². The van der Waals surface area contributed by atoms with E-state index in [1.54, 1.807) is 0 Å². The van der Waals surface area contributed by atoms with Crippen LogP contribution in [0.5, 0.6) is 0 Å². The summed E-state index contributed by atoms with van der Waals surface area (Å²) in [5.41, 5.74) is 1.11. The van der Waals surface area contributed by atoms with Crippen LogP contribution in [0.2, 0.25) is 5.02 Å². The molecule has 0 aliphatic carbocycles. The summed E-state index contributed by atoms with van der Waals surface area (Å²) in [6.45, 7) is 1.99. The van der Waals surface area contributed by atoms with E-state index in [1.165, 1.54) is 11.8 Å². The van der Waals surface area contributed by atoms with Crippen LogP contribution in [0.3, 0.4) is 0 Å². The van der Waals surface area contributed by atoms with E-state index in [9.17, 15) is 4.79 Å². The fraction of sp³-hybridized carbons (Fsp3) is 0.188. The Kier molecular flexibility index (Phi) is 5.50. The molecule has 1 atom stereocenters. The predicted octanol–water partition coefficient (Wildman–Crippen LogP) is 4.31. The largest absolute Gasteiger partial charge is 0.349 e. The van der Waals surface area contributed by atoms with Gasteiger partial charge in [-0.05, 0) is 36.8 Å². The molecule has 0 saturated heterocycles. The summed E-state index contributed by atoms with van der Waals surface area (Å²) >= 11 is 7.33. The van der Waals surface area contributed by atoms with Gasteiger partial charge in [-0.2, -0.15) is 0 Å². The van der Waals surface area contributed by atoms with Crippen molar-refractivity contribution in [1.29, 1.82) is 0 Å². The molecular formula is C16H16ClNOS. The lowest BCUT2D eigenvalue weighted by molar-refractivity contribution is -0.119. The van der Waals surface area contributed by atoms with E-state index < -0.39 is 0 Å². The van der Waals surface area contributed by atoms with Crippen LogP contribution in [-0.2, 0) is 4.79 Å². The normalized spacial score (nSPS) is 11.9. The summed E-state index contributed by atoms with van der Waals surface area (Å²) in [5, 5.41) is 3.70. The van der Waals surface area contributed by atoms with Crippen LogP contribution >= 0.6 is 23.4 Å². The van der Waals surface area contributed by atoms with Crippen molar-refractivity contribution < 1.29 is 4.79 Å². The van der Waals surface area contributed by atoms with Crippen LogP contribution in [0.1, 0.15) is 18.5 Å². The van der Waals surface area contributed by atoms with Gasteiger partial charge in [0, 0.05) is 9.92 Å². The molecule has 0 aliphatic heterocycles. The minimum atomic E-state index is 0.0227. The van der Waals surface area contributed by atoms with E-state index in [0.717, 1.165) is 10.5 Å². The van der Waals surface area contributed by atoms with Gasteiger partial charge in [-0.1, -0.05) is 41.9 Å². The van der Waals surface area contributed by atoms with E-state index in [4.69, 9.17) is 11.6 Å². The lowest BCUT2D eigenvalue weighted by Crippen LogP contribution is -2.28. The SMILES string of the molecule is C[C@@H](NC(=O)CSc1ccc(Cl)cc1)c1ccccc1. The molecule has 0 fully saturated rings. The van der Waals surface area contributed by atoms with E-state index in [-0.39, 0.29) is 11.9 Å². The molecule has 2 aromatic rings. The summed E-state index contributed by atoms with van der Waals surface area (Å²) in [7, 11) is 0. The van der Waals surface area contributed by atoms with Gasteiger partial charge in [0.2, 0.25) is 5.91 Å². The molecule has 0 saturated carbocycles. The number of hydrogen-bond acceptors (Lipinski definition) is 2. The molecular weight excluding hydrogens is 290 g/mol. The molecule has 2 nitrogen and oxygen atoms in total. The summed E-state index contributed by atoms with van der Waals surface area (Å²) in [6.07, 6.45) is 0. The predicted molar refractivity (Wildman–Crippen MR) is 85.2 cm³/mol. The lowest BCUT2D eigenvalue weighted by Gasteiger charge is -2.14. The third kappa shape index (κ3) is 4.58. The van der Waals surface area contributed by atoms with Gasteiger partial charge in [0.05, 0.1) is 11.8 Å². The fourth-order valence-electron chi connectivity index (χ4n) is 1.79. The molecule has 2 rings (SSSR count). The smallest absolute Gasteiger partial charge is 0.230 e. The summed E-state index contributed by atoms with van der Waals surface area (Å²) in [5.74, 6) is 0.431.